The van der Waals surface area contributed by atoms with Gasteiger partial charge < -0.3 is 15.8 Å². The van der Waals surface area contributed by atoms with Crippen LogP contribution < -0.4 is 11.1 Å². The van der Waals surface area contributed by atoms with E-state index >= 15 is 0 Å². The van der Waals surface area contributed by atoms with Gasteiger partial charge in [0.25, 0.3) is 5.91 Å². The van der Waals surface area contributed by atoms with Gasteiger partial charge in [0.1, 0.15) is 5.82 Å². The van der Waals surface area contributed by atoms with E-state index in [1.807, 2.05) is 0 Å². The van der Waals surface area contributed by atoms with Gasteiger partial charge in [0, 0.05) is 29.0 Å². The van der Waals surface area contributed by atoms with Gasteiger partial charge in [-0.05, 0) is 44.9 Å². The van der Waals surface area contributed by atoms with Crippen LogP contribution in [0.1, 0.15) is 59.5 Å². The van der Waals surface area contributed by atoms with E-state index in [9.17, 15) is 9.18 Å². The van der Waals surface area contributed by atoms with Gasteiger partial charge in [-0.3, -0.25) is 9.69 Å². The van der Waals surface area contributed by atoms with Gasteiger partial charge in [0.2, 0.25) is 5.95 Å². The predicted octanol–water partition coefficient (Wildman–Crippen LogP) is 3.34. The van der Waals surface area contributed by atoms with Crippen molar-refractivity contribution in [3.63, 3.8) is 0 Å². The minimum atomic E-state index is -0.385. The highest BCUT2D eigenvalue weighted by molar-refractivity contribution is 9.10. The Hall–Kier alpha value is -2.10. The molecule has 3 N–H and O–H groups in total. The highest BCUT2D eigenvalue weighted by Crippen LogP contribution is 2.44. The number of morpholine rings is 1. The summed E-state index contributed by atoms with van der Waals surface area (Å²) in [5.74, 6) is -0.603. The molecule has 2 atom stereocenters. The zero-order valence-corrected chi connectivity index (χ0v) is 19.5. The minimum Gasteiger partial charge on any atom is -0.379 e. The van der Waals surface area contributed by atoms with Gasteiger partial charge in [-0.15, -0.1) is 0 Å². The van der Waals surface area contributed by atoms with Crippen molar-refractivity contribution in [2.24, 2.45) is 0 Å². The Balaban J connectivity index is 1.81. The summed E-state index contributed by atoms with van der Waals surface area (Å²) in [6, 6.07) is 4.15. The zero-order valence-electron chi connectivity index (χ0n) is 17.9. The molecule has 2 aliphatic rings. The van der Waals surface area contributed by atoms with Crippen molar-refractivity contribution in [1.82, 2.24) is 20.2 Å². The zero-order chi connectivity index (χ0) is 22.3. The molecule has 3 heterocycles. The number of hydrogen-bond donors (Lipinski definition) is 2. The molecule has 2 aromatic rings. The third-order valence-corrected chi connectivity index (χ3v) is 6.97. The number of ether oxygens (including phenoxy) is 1. The molecular formula is C22H27BrFN5O2. The van der Waals surface area contributed by atoms with Crippen LogP contribution in [-0.4, -0.2) is 52.6 Å². The summed E-state index contributed by atoms with van der Waals surface area (Å²) in [7, 11) is 0. The third kappa shape index (κ3) is 4.31. The number of rotatable bonds is 4. The van der Waals surface area contributed by atoms with Crippen LogP contribution in [0.2, 0.25) is 0 Å². The molecule has 2 aliphatic heterocycles. The van der Waals surface area contributed by atoms with Gasteiger partial charge in [0.15, 0.2) is 0 Å². The molecule has 4 rings (SSSR count). The highest BCUT2D eigenvalue weighted by Gasteiger charge is 2.42. The number of nitrogen functional groups attached to an aromatic ring is 1. The maximum absolute atomic E-state index is 13.8. The van der Waals surface area contributed by atoms with Gasteiger partial charge in [-0.25, -0.2) is 14.4 Å². The summed E-state index contributed by atoms with van der Waals surface area (Å²) in [5.41, 5.74) is 8.29. The fourth-order valence-electron chi connectivity index (χ4n) is 4.74. The molecule has 1 aromatic heterocycles. The van der Waals surface area contributed by atoms with Crippen molar-refractivity contribution < 1.29 is 13.9 Å². The fourth-order valence-corrected chi connectivity index (χ4v) is 5.33. The molecule has 31 heavy (non-hydrogen) atoms. The average Bonchev–Trinajstić information content (AvgIpc) is 2.70. The van der Waals surface area contributed by atoms with E-state index in [0.717, 1.165) is 18.7 Å². The second kappa shape index (κ2) is 8.44. The number of fused-ring (bicyclic) bond motifs is 1. The average molecular weight is 492 g/mol. The molecule has 1 fully saturated rings. The molecule has 0 saturated carbocycles. The Morgan fingerprint density at radius 3 is 2.71 bits per heavy atom. The van der Waals surface area contributed by atoms with Crippen LogP contribution in [0.4, 0.5) is 10.3 Å². The minimum absolute atomic E-state index is 0.150. The van der Waals surface area contributed by atoms with Gasteiger partial charge in [0.05, 0.1) is 36.2 Å². The molecule has 0 aliphatic carbocycles. The molecule has 0 radical (unpaired) electrons. The van der Waals surface area contributed by atoms with Gasteiger partial charge in [-0.2, -0.15) is 0 Å². The lowest BCUT2D eigenvalue weighted by atomic mass is 9.76. The molecule has 0 spiro atoms. The Morgan fingerprint density at radius 2 is 2.03 bits per heavy atom. The van der Waals surface area contributed by atoms with E-state index < -0.39 is 0 Å². The smallest absolute Gasteiger partial charge is 0.255 e. The number of amides is 1. The first-order valence-corrected chi connectivity index (χ1v) is 11.2. The van der Waals surface area contributed by atoms with Crippen LogP contribution in [-0.2, 0) is 4.74 Å². The maximum atomic E-state index is 13.8. The van der Waals surface area contributed by atoms with Crippen LogP contribution in [0.3, 0.4) is 0 Å². The number of hydrogen-bond acceptors (Lipinski definition) is 6. The number of aryl methyl sites for hydroxylation is 1. The van der Waals surface area contributed by atoms with Crippen molar-refractivity contribution in [3.8, 4) is 0 Å². The van der Waals surface area contributed by atoms with Gasteiger partial charge >= 0.3 is 0 Å². The molecule has 1 aromatic carbocycles. The van der Waals surface area contributed by atoms with Gasteiger partial charge in [-0.1, -0.05) is 22.0 Å². The molecule has 9 heteroatoms. The number of carbonyl (C=O) groups excluding carboxylic acids is 1. The fraction of sp³-hybridized carbons (Fsp3) is 0.500. The second-order valence-electron chi connectivity index (χ2n) is 8.77. The molecule has 2 unspecified atom stereocenters. The third-order valence-electron chi connectivity index (χ3n) is 6.29. The highest BCUT2D eigenvalue weighted by atomic mass is 79.9. The standard InChI is InChI=1S/C22H27BrFN5O2/c1-12-17-19(28-21(25)26-12)15(11-22(2,3)29-6-8-31-9-7-29)18(27-20(17)30)14-5-4-13(24)10-16(14)23/h4-5,10,15,18H,6-9,11H2,1-3H3,(H,27,30)(H2,25,26,28). The van der Waals surface area contributed by atoms with Crippen molar-refractivity contribution in [2.75, 3.05) is 32.0 Å². The van der Waals surface area contributed by atoms with E-state index in [1.165, 1.54) is 12.1 Å². The van der Waals surface area contributed by atoms with E-state index in [4.69, 9.17) is 10.5 Å². The summed E-state index contributed by atoms with van der Waals surface area (Å²) in [6.45, 7) is 9.24. The lowest BCUT2D eigenvalue weighted by Crippen LogP contribution is -2.52. The number of nitrogens with two attached hydrogens (primary N) is 1. The number of aromatic nitrogens is 2. The van der Waals surface area contributed by atoms with Crippen LogP contribution in [0, 0.1) is 12.7 Å². The topological polar surface area (TPSA) is 93.4 Å². The molecule has 0 bridgehead atoms. The molecule has 7 nitrogen and oxygen atoms in total. The Kier molecular flexibility index (Phi) is 6.02. The molecule has 1 amide bonds. The number of carbonyl (C=O) groups is 1. The van der Waals surface area contributed by atoms with Crippen LogP contribution in [0.15, 0.2) is 22.7 Å². The number of nitrogens with zero attached hydrogens (tertiary/aromatic N) is 3. The maximum Gasteiger partial charge on any atom is 0.255 e. The monoisotopic (exact) mass is 491 g/mol. The van der Waals surface area contributed by atoms with Crippen LogP contribution in [0.25, 0.3) is 0 Å². The number of halogens is 2. The van der Waals surface area contributed by atoms with Crippen molar-refractivity contribution >= 4 is 27.8 Å². The number of nitrogens with one attached hydrogen (secondary N) is 1. The van der Waals surface area contributed by atoms with Crippen LogP contribution in [0.5, 0.6) is 0 Å². The quantitative estimate of drug-likeness (QED) is 0.680. The summed E-state index contributed by atoms with van der Waals surface area (Å²) in [6.07, 6.45) is 0.713. The van der Waals surface area contributed by atoms with Crippen molar-refractivity contribution in [3.05, 3.63) is 51.0 Å². The second-order valence-corrected chi connectivity index (χ2v) is 9.62. The predicted molar refractivity (Wildman–Crippen MR) is 119 cm³/mol. The first kappa shape index (κ1) is 22.1. The SMILES string of the molecule is Cc1nc(N)nc2c1C(=O)NC(c1ccc(F)cc1Br)C2CC(C)(C)N1CCOCC1. The summed E-state index contributed by atoms with van der Waals surface area (Å²) >= 11 is 3.48. The van der Waals surface area contributed by atoms with Crippen molar-refractivity contribution in [1.29, 1.82) is 0 Å². The van der Waals surface area contributed by atoms with E-state index in [-0.39, 0.29) is 35.2 Å². The lowest BCUT2D eigenvalue weighted by molar-refractivity contribution is -0.0165. The lowest BCUT2D eigenvalue weighted by Gasteiger charge is -2.45. The van der Waals surface area contributed by atoms with E-state index in [2.05, 4.69) is 50.0 Å². The summed E-state index contributed by atoms with van der Waals surface area (Å²) in [5, 5.41) is 3.13. The van der Waals surface area contributed by atoms with Crippen molar-refractivity contribution in [2.45, 2.75) is 44.7 Å². The van der Waals surface area contributed by atoms with Crippen LogP contribution >= 0.6 is 15.9 Å². The first-order valence-electron chi connectivity index (χ1n) is 10.4. The Morgan fingerprint density at radius 1 is 1.32 bits per heavy atom. The molecular weight excluding hydrogens is 465 g/mol. The van der Waals surface area contributed by atoms with E-state index in [1.54, 1.807) is 13.0 Å². The normalized spacial score (nSPS) is 22.2. The first-order chi connectivity index (χ1) is 14.7. The number of anilines is 1. The van der Waals surface area contributed by atoms with E-state index in [0.29, 0.717) is 41.1 Å². The molecule has 166 valence electrons. The summed E-state index contributed by atoms with van der Waals surface area (Å²) in [4.78, 5) is 24.2. The largest absolute Gasteiger partial charge is 0.379 e. The molecule has 1 saturated heterocycles. The number of benzene rings is 1. The summed E-state index contributed by atoms with van der Waals surface area (Å²) < 4.78 is 19.9. The Bertz CT molecular complexity index is 1010. The Labute approximate surface area is 189 Å².